The highest BCUT2D eigenvalue weighted by Gasteiger charge is 2.28. The molecule has 0 aliphatic rings. The molecular weight excluding hydrogens is 743 g/mol. The van der Waals surface area contributed by atoms with Crippen molar-refractivity contribution in [1.29, 1.82) is 0 Å². The van der Waals surface area contributed by atoms with Crippen molar-refractivity contribution in [3.05, 3.63) is 12.2 Å². The standard InChI is InChI=1S/C54H107NO5/c1-3-5-7-9-11-13-15-17-19-21-23-24-25-26-27-28-30-31-33-35-37-39-41-43-45-47-51(57)53(59)50(49-56)55-54(60)52(58)48-46-44-42-40-38-36-34-32-29-22-20-18-16-14-12-10-8-6-4-2/h39,41,50-53,56-59H,3-38,40,42-49H2,1-2H3,(H,55,60)/b41-39+. The summed E-state index contributed by atoms with van der Waals surface area (Å²) in [6.07, 6.45) is 57.0. The molecule has 4 unspecified atom stereocenters. The van der Waals surface area contributed by atoms with Gasteiger partial charge in [-0.05, 0) is 38.5 Å². The molecular formula is C54H107NO5. The van der Waals surface area contributed by atoms with Crippen molar-refractivity contribution in [2.24, 2.45) is 0 Å². The molecule has 4 atom stereocenters. The second kappa shape index (κ2) is 49.1. The Labute approximate surface area is 374 Å². The van der Waals surface area contributed by atoms with E-state index in [2.05, 4.69) is 31.3 Å². The first-order chi connectivity index (χ1) is 29.5. The van der Waals surface area contributed by atoms with E-state index in [4.69, 9.17) is 0 Å². The average Bonchev–Trinajstić information content (AvgIpc) is 3.25. The fourth-order valence-corrected chi connectivity index (χ4v) is 8.70. The number of carbonyl (C=O) groups is 1. The predicted octanol–water partition coefficient (Wildman–Crippen LogP) is 15.3. The normalized spacial score (nSPS) is 13.9. The van der Waals surface area contributed by atoms with Crippen LogP contribution in [0.5, 0.6) is 0 Å². The SMILES string of the molecule is CCCCCCCCCCCCCCCCCCCCCC/C=C/CCCC(O)C(O)C(CO)NC(=O)C(O)CCCCCCCCCCCCCCCCCCCCC. The molecule has 0 aromatic rings. The van der Waals surface area contributed by atoms with Crippen molar-refractivity contribution in [1.82, 2.24) is 5.32 Å². The molecule has 0 fully saturated rings. The number of amides is 1. The van der Waals surface area contributed by atoms with E-state index in [0.29, 0.717) is 12.8 Å². The van der Waals surface area contributed by atoms with E-state index in [-0.39, 0.29) is 0 Å². The molecule has 0 saturated carbocycles. The largest absolute Gasteiger partial charge is 0.394 e. The van der Waals surface area contributed by atoms with Gasteiger partial charge in [0.25, 0.3) is 0 Å². The number of nitrogens with one attached hydrogen (secondary N) is 1. The Balaban J connectivity index is 3.65. The van der Waals surface area contributed by atoms with Crippen LogP contribution in [0.1, 0.15) is 296 Å². The van der Waals surface area contributed by atoms with Crippen molar-refractivity contribution >= 4 is 5.91 Å². The third kappa shape index (κ3) is 42.4. The van der Waals surface area contributed by atoms with Crippen LogP contribution in [0.4, 0.5) is 0 Å². The second-order valence-corrected chi connectivity index (χ2v) is 18.9. The lowest BCUT2D eigenvalue weighted by Crippen LogP contribution is -2.53. The summed E-state index contributed by atoms with van der Waals surface area (Å²) in [6, 6.07) is -0.998. The molecule has 0 heterocycles. The molecule has 0 saturated heterocycles. The minimum Gasteiger partial charge on any atom is -0.394 e. The molecule has 0 aliphatic carbocycles. The Morgan fingerprint density at radius 1 is 0.400 bits per heavy atom. The minimum absolute atomic E-state index is 0.368. The van der Waals surface area contributed by atoms with Crippen LogP contribution in [0.25, 0.3) is 0 Å². The molecule has 1 amide bonds. The summed E-state index contributed by atoms with van der Waals surface area (Å²) >= 11 is 0. The van der Waals surface area contributed by atoms with Crippen molar-refractivity contribution in [2.45, 2.75) is 321 Å². The van der Waals surface area contributed by atoms with Crippen LogP contribution in [-0.2, 0) is 4.79 Å². The lowest BCUT2D eigenvalue weighted by atomic mass is 10.00. The Morgan fingerprint density at radius 2 is 0.683 bits per heavy atom. The summed E-state index contributed by atoms with van der Waals surface area (Å²) in [5, 5.41) is 43.9. The average molecular weight is 850 g/mol. The van der Waals surface area contributed by atoms with Gasteiger partial charge in [-0.2, -0.15) is 0 Å². The summed E-state index contributed by atoms with van der Waals surface area (Å²) in [5.74, 6) is -0.587. The van der Waals surface area contributed by atoms with E-state index in [1.807, 2.05) is 0 Å². The van der Waals surface area contributed by atoms with E-state index < -0.39 is 36.9 Å². The molecule has 0 spiro atoms. The van der Waals surface area contributed by atoms with Gasteiger partial charge < -0.3 is 25.7 Å². The zero-order valence-electron chi connectivity index (χ0n) is 40.5. The first-order valence-corrected chi connectivity index (χ1v) is 27.1. The molecule has 6 nitrogen and oxygen atoms in total. The lowest BCUT2D eigenvalue weighted by molar-refractivity contribution is -0.132. The summed E-state index contributed by atoms with van der Waals surface area (Å²) in [7, 11) is 0. The molecule has 0 rings (SSSR count). The maximum Gasteiger partial charge on any atom is 0.249 e. The minimum atomic E-state index is -1.28. The zero-order chi connectivity index (χ0) is 43.8. The van der Waals surface area contributed by atoms with Gasteiger partial charge in [-0.1, -0.05) is 270 Å². The van der Waals surface area contributed by atoms with E-state index >= 15 is 0 Å². The number of rotatable bonds is 50. The first-order valence-electron chi connectivity index (χ1n) is 27.1. The molecule has 60 heavy (non-hydrogen) atoms. The third-order valence-corrected chi connectivity index (χ3v) is 13.0. The number of aliphatic hydroxyl groups excluding tert-OH is 4. The third-order valence-electron chi connectivity index (χ3n) is 13.0. The van der Waals surface area contributed by atoms with E-state index in [1.165, 1.54) is 231 Å². The highest BCUT2D eigenvalue weighted by atomic mass is 16.3. The number of carbonyl (C=O) groups excluding carboxylic acids is 1. The molecule has 358 valence electrons. The Kier molecular flexibility index (Phi) is 48.3. The quantitative estimate of drug-likeness (QED) is 0.0309. The van der Waals surface area contributed by atoms with Gasteiger partial charge in [-0.25, -0.2) is 0 Å². The fraction of sp³-hybridized carbons (Fsp3) is 0.944. The van der Waals surface area contributed by atoms with Gasteiger partial charge in [-0.15, -0.1) is 0 Å². The Hall–Kier alpha value is -0.950. The van der Waals surface area contributed by atoms with E-state index in [1.54, 1.807) is 0 Å². The summed E-state index contributed by atoms with van der Waals surface area (Å²) in [5.41, 5.74) is 0. The van der Waals surface area contributed by atoms with Gasteiger partial charge in [0.05, 0.1) is 18.8 Å². The summed E-state index contributed by atoms with van der Waals surface area (Å²) < 4.78 is 0. The Morgan fingerprint density at radius 3 is 1.00 bits per heavy atom. The van der Waals surface area contributed by atoms with Gasteiger partial charge in [0.15, 0.2) is 0 Å². The van der Waals surface area contributed by atoms with Crippen LogP contribution in [0.3, 0.4) is 0 Å². The zero-order valence-corrected chi connectivity index (χ0v) is 40.5. The smallest absolute Gasteiger partial charge is 0.249 e. The van der Waals surface area contributed by atoms with Crippen molar-refractivity contribution in [3.8, 4) is 0 Å². The number of hydrogen-bond donors (Lipinski definition) is 5. The van der Waals surface area contributed by atoms with Crippen LogP contribution in [0.15, 0.2) is 12.2 Å². The molecule has 0 aromatic heterocycles. The van der Waals surface area contributed by atoms with Crippen LogP contribution < -0.4 is 5.32 Å². The van der Waals surface area contributed by atoms with Crippen molar-refractivity contribution in [2.75, 3.05) is 6.61 Å². The van der Waals surface area contributed by atoms with Crippen LogP contribution >= 0.6 is 0 Å². The summed E-state index contributed by atoms with van der Waals surface area (Å²) in [4.78, 5) is 12.6. The predicted molar refractivity (Wildman–Crippen MR) is 261 cm³/mol. The molecule has 0 aliphatic heterocycles. The van der Waals surface area contributed by atoms with E-state index in [9.17, 15) is 25.2 Å². The number of aliphatic hydroxyl groups is 4. The molecule has 5 N–H and O–H groups in total. The van der Waals surface area contributed by atoms with Gasteiger partial charge in [0, 0.05) is 0 Å². The van der Waals surface area contributed by atoms with Crippen LogP contribution in [-0.4, -0.2) is 57.3 Å². The maximum atomic E-state index is 12.6. The van der Waals surface area contributed by atoms with Crippen LogP contribution in [0.2, 0.25) is 0 Å². The highest BCUT2D eigenvalue weighted by molar-refractivity contribution is 5.80. The van der Waals surface area contributed by atoms with Gasteiger partial charge in [0.1, 0.15) is 12.2 Å². The van der Waals surface area contributed by atoms with Gasteiger partial charge >= 0.3 is 0 Å². The number of allylic oxidation sites excluding steroid dienone is 2. The molecule has 6 heteroatoms. The second-order valence-electron chi connectivity index (χ2n) is 18.9. The Bertz CT molecular complexity index is 867. The van der Waals surface area contributed by atoms with Gasteiger partial charge in [-0.3, -0.25) is 4.79 Å². The first kappa shape index (κ1) is 59.0. The fourth-order valence-electron chi connectivity index (χ4n) is 8.70. The van der Waals surface area contributed by atoms with Crippen molar-refractivity contribution in [3.63, 3.8) is 0 Å². The van der Waals surface area contributed by atoms with Gasteiger partial charge in [0.2, 0.25) is 5.91 Å². The van der Waals surface area contributed by atoms with E-state index in [0.717, 1.165) is 38.5 Å². The lowest BCUT2D eigenvalue weighted by Gasteiger charge is -2.27. The number of unbranched alkanes of at least 4 members (excludes halogenated alkanes) is 39. The van der Waals surface area contributed by atoms with Crippen LogP contribution in [0, 0.1) is 0 Å². The summed E-state index contributed by atoms with van der Waals surface area (Å²) in [6.45, 7) is 4.08. The molecule has 0 radical (unpaired) electrons. The maximum absolute atomic E-state index is 12.6. The monoisotopic (exact) mass is 850 g/mol. The molecule has 0 aromatic carbocycles. The van der Waals surface area contributed by atoms with Crippen molar-refractivity contribution < 1.29 is 25.2 Å². The number of hydrogen-bond acceptors (Lipinski definition) is 5. The topological polar surface area (TPSA) is 110 Å². The highest BCUT2D eigenvalue weighted by Crippen LogP contribution is 2.18. The molecule has 0 bridgehead atoms.